The van der Waals surface area contributed by atoms with Gasteiger partial charge in [-0.15, -0.1) is 0 Å². The zero-order chi connectivity index (χ0) is 33.2. The van der Waals surface area contributed by atoms with E-state index in [1.807, 2.05) is 54.7 Å². The molecule has 2 aliphatic heterocycles. The van der Waals surface area contributed by atoms with Crippen LogP contribution >= 0.6 is 27.4 Å². The number of halogens is 2. The Morgan fingerprint density at radius 3 is 1.86 bits per heavy atom. The molecule has 2 aromatic carbocycles. The third-order valence-corrected chi connectivity index (χ3v) is 19.9. The number of benzene rings is 2. The van der Waals surface area contributed by atoms with Gasteiger partial charge in [0.2, 0.25) is 0 Å². The van der Waals surface area contributed by atoms with Gasteiger partial charge in [0, 0.05) is 4.47 Å². The van der Waals surface area contributed by atoms with Crippen molar-refractivity contribution >= 4 is 62.5 Å². The van der Waals surface area contributed by atoms with Crippen molar-refractivity contribution in [3.63, 3.8) is 0 Å². The van der Waals surface area contributed by atoms with Crippen LogP contribution in [0.2, 0.25) is 36.3 Å². The highest BCUT2D eigenvalue weighted by atomic mass is 79.9. The van der Waals surface area contributed by atoms with Gasteiger partial charge in [-0.1, -0.05) is 137 Å². The Kier molecular flexibility index (Phi) is 14.6. The van der Waals surface area contributed by atoms with Crippen LogP contribution in [-0.2, 0) is 17.6 Å². The summed E-state index contributed by atoms with van der Waals surface area (Å²) in [6.45, 7) is 24.1. The average Bonchev–Trinajstić information content (AvgIpc) is 2.97. The molecule has 0 aromatic heterocycles. The third-order valence-electron chi connectivity index (χ3n) is 9.00. The van der Waals surface area contributed by atoms with Crippen LogP contribution in [0.1, 0.15) is 52.7 Å². The second-order valence-electron chi connectivity index (χ2n) is 14.3. The fraction of sp³-hybridized carbons (Fsp3) is 0.412. The van der Waals surface area contributed by atoms with Crippen molar-refractivity contribution in [2.24, 2.45) is 0 Å². The second-order valence-corrected chi connectivity index (χ2v) is 25.6. The van der Waals surface area contributed by atoms with Crippen LogP contribution in [0.4, 0.5) is 0 Å². The van der Waals surface area contributed by atoms with Crippen LogP contribution in [-0.4, -0.2) is 39.2 Å². The van der Waals surface area contributed by atoms with Gasteiger partial charge in [-0.05, 0) is 71.0 Å². The van der Waals surface area contributed by atoms with Gasteiger partial charge in [0.05, 0.1) is 13.2 Å². The lowest BCUT2D eigenvalue weighted by molar-refractivity contribution is 0.276. The van der Waals surface area contributed by atoms with E-state index in [4.69, 9.17) is 21.0 Å². The van der Waals surface area contributed by atoms with Crippen molar-refractivity contribution in [1.82, 2.24) is 9.70 Å². The molecule has 0 radical (unpaired) electrons. The molecule has 0 atom stereocenters. The lowest BCUT2D eigenvalue weighted by Crippen LogP contribution is -2.56. The lowest BCUT2D eigenvalue weighted by atomic mass is 9.55. The number of aliphatic hydroxyl groups excluding tert-OH is 1. The predicted molar refractivity (Wildman–Crippen MR) is 204 cm³/mol. The highest BCUT2D eigenvalue weighted by Gasteiger charge is 2.43. The summed E-state index contributed by atoms with van der Waals surface area (Å²) >= 11 is 9.73. The fourth-order valence-electron chi connectivity index (χ4n) is 3.90. The van der Waals surface area contributed by atoms with Gasteiger partial charge in [-0.25, -0.2) is 0 Å². The maximum atomic E-state index is 8.90. The molecule has 2 aromatic rings. The van der Waals surface area contributed by atoms with E-state index >= 15 is 0 Å². The monoisotopic (exact) mass is 712 g/mol. The molecule has 0 saturated heterocycles. The van der Waals surface area contributed by atoms with Crippen LogP contribution in [0, 0.1) is 0 Å². The first-order valence-corrected chi connectivity index (χ1v) is 22.4. The molecule has 238 valence electrons. The minimum atomic E-state index is -1.61. The van der Waals surface area contributed by atoms with Gasteiger partial charge in [0.1, 0.15) is 8.24 Å². The van der Waals surface area contributed by atoms with Gasteiger partial charge in [-0.3, -0.25) is 0 Å². The van der Waals surface area contributed by atoms with E-state index < -0.39 is 16.6 Å². The minimum Gasteiger partial charge on any atom is -0.431 e. The Balaban J connectivity index is 0.000000231. The van der Waals surface area contributed by atoms with Crippen molar-refractivity contribution in [3.8, 4) is 0 Å². The molecule has 0 unspecified atom stereocenters. The van der Waals surface area contributed by atoms with Crippen LogP contribution in [0.25, 0.3) is 0 Å². The summed E-state index contributed by atoms with van der Waals surface area (Å²) in [4.78, 5) is 0. The lowest BCUT2D eigenvalue weighted by Gasteiger charge is -2.47. The number of nitrogens with zero attached hydrogens (tertiary/aromatic N) is 1. The van der Waals surface area contributed by atoms with E-state index in [1.165, 1.54) is 11.0 Å². The largest absolute Gasteiger partial charge is 0.431 e. The molecule has 2 N–H and O–H groups in total. The standard InChI is InChI=1S/C13H21BrOSi.C11H12BNO.C10H19BClNSi/c1-13(2,3)16(4,5)15-10-11-6-8-12(14)9-7-11;14-9-10-3-5-11(6-4-10)12-7-1-2-8-13-12;1-10(2,3)14(4,5)13-9-7-6-8-11(13)12/h6-9H,10H2,1-5H3;1-8,13-14H,9H2;6-9H,1-5H3. The maximum Gasteiger partial charge on any atom is 0.379 e. The van der Waals surface area contributed by atoms with Crippen LogP contribution < -0.4 is 10.7 Å². The zero-order valence-electron chi connectivity index (χ0n) is 28.4. The SMILES string of the molecule is CC(C)(C)[Si](C)(C)N1C=CC=CB1Cl.CC(C)(C)[Si](C)(C)OCc1ccc(Br)cc1.OCc1ccc(B2C=CC=CN2)cc1. The third kappa shape index (κ3) is 11.6. The molecule has 0 fully saturated rings. The van der Waals surface area contributed by atoms with Crippen molar-refractivity contribution in [3.05, 3.63) is 113 Å². The summed E-state index contributed by atoms with van der Waals surface area (Å²) in [7, 11) is -3.12. The Bertz CT molecular complexity index is 1290. The van der Waals surface area contributed by atoms with Gasteiger partial charge in [-0.2, -0.15) is 11.5 Å². The molecule has 2 heterocycles. The number of nitrogens with one attached hydrogen (secondary N) is 1. The summed E-state index contributed by atoms with van der Waals surface area (Å²) in [5.74, 6) is 4.15. The number of hydrogen-bond acceptors (Lipinski definition) is 4. The van der Waals surface area contributed by atoms with E-state index in [9.17, 15) is 0 Å². The van der Waals surface area contributed by atoms with E-state index in [2.05, 4.69) is 136 Å². The second kappa shape index (κ2) is 16.7. The van der Waals surface area contributed by atoms with Crippen LogP contribution in [0.5, 0.6) is 0 Å². The smallest absolute Gasteiger partial charge is 0.379 e. The van der Waals surface area contributed by atoms with Crippen molar-refractivity contribution in [2.45, 2.75) is 91.0 Å². The Labute approximate surface area is 284 Å². The van der Waals surface area contributed by atoms with Gasteiger partial charge in [0.25, 0.3) is 0 Å². The molecule has 0 bridgehead atoms. The van der Waals surface area contributed by atoms with Crippen LogP contribution in [0.15, 0.2) is 102 Å². The summed E-state index contributed by atoms with van der Waals surface area (Å²) in [5.41, 5.74) is 3.40. The zero-order valence-corrected chi connectivity index (χ0v) is 32.7. The molecule has 0 amide bonds. The molecular weight excluding hydrogens is 662 g/mol. The van der Waals surface area contributed by atoms with Gasteiger partial charge >= 0.3 is 13.1 Å². The fourth-order valence-corrected chi connectivity index (χ4v) is 7.94. The van der Waals surface area contributed by atoms with E-state index in [1.54, 1.807) is 0 Å². The summed E-state index contributed by atoms with van der Waals surface area (Å²) in [5, 5.41) is 12.8. The first-order chi connectivity index (χ1) is 20.4. The van der Waals surface area contributed by atoms with E-state index in [0.717, 1.165) is 16.6 Å². The Hall–Kier alpha value is -1.75. The average molecular weight is 714 g/mol. The van der Waals surface area contributed by atoms with Crippen LogP contribution in [0.3, 0.4) is 0 Å². The number of allylic oxidation sites excluding steroid dienone is 4. The molecule has 0 aliphatic carbocycles. The van der Waals surface area contributed by atoms with Crippen molar-refractivity contribution in [1.29, 1.82) is 0 Å². The molecule has 10 heteroatoms. The minimum absolute atomic E-state index is 0.0286. The molecule has 0 saturated carbocycles. The van der Waals surface area contributed by atoms with Gasteiger partial charge < -0.3 is 19.2 Å². The molecule has 4 nitrogen and oxygen atoms in total. The Morgan fingerprint density at radius 2 is 1.39 bits per heavy atom. The first kappa shape index (κ1) is 38.4. The van der Waals surface area contributed by atoms with E-state index in [-0.39, 0.29) is 24.8 Å². The highest BCUT2D eigenvalue weighted by Crippen LogP contribution is 2.40. The maximum absolute atomic E-state index is 8.90. The number of aliphatic hydroxyl groups is 1. The quantitative estimate of drug-likeness (QED) is 0.293. The summed E-state index contributed by atoms with van der Waals surface area (Å²) in [6.07, 6.45) is 12.2. The molecule has 0 spiro atoms. The summed E-state index contributed by atoms with van der Waals surface area (Å²) < 4.78 is 9.60. The topological polar surface area (TPSA) is 44.7 Å². The molecule has 2 aliphatic rings. The number of rotatable bonds is 6. The highest BCUT2D eigenvalue weighted by molar-refractivity contribution is 9.10. The predicted octanol–water partition coefficient (Wildman–Crippen LogP) is 9.20. The van der Waals surface area contributed by atoms with Gasteiger partial charge in [0.15, 0.2) is 8.32 Å². The van der Waals surface area contributed by atoms with Crippen molar-refractivity contribution < 1.29 is 9.53 Å². The normalized spacial score (nSPS) is 14.9. The molecule has 4 rings (SSSR count). The first-order valence-electron chi connectivity index (χ1n) is 15.3. The Morgan fingerprint density at radius 1 is 0.818 bits per heavy atom. The molecule has 44 heavy (non-hydrogen) atoms. The summed E-state index contributed by atoms with van der Waals surface area (Å²) in [6, 6.07) is 16.3. The van der Waals surface area contributed by atoms with Crippen molar-refractivity contribution in [2.75, 3.05) is 0 Å². The molecular formula is C34H52B2BrClN2O2Si2. The van der Waals surface area contributed by atoms with E-state index in [0.29, 0.717) is 5.04 Å². The number of hydrogen-bond donors (Lipinski definition) is 2.